The Morgan fingerprint density at radius 3 is 1.84 bits per heavy atom. The molecule has 3 rings (SSSR count). The van der Waals surface area contributed by atoms with Crippen LogP contribution in [0.1, 0.15) is 40.5 Å². The monoisotopic (exact) mass is 420 g/mol. The van der Waals surface area contributed by atoms with E-state index in [-0.39, 0.29) is 22.8 Å². The minimum atomic E-state index is -0.449. The molecule has 0 aliphatic heterocycles. The molecule has 0 atom stereocenters. The summed E-state index contributed by atoms with van der Waals surface area (Å²) >= 11 is 0. The van der Waals surface area contributed by atoms with Crippen LogP contribution in [0.3, 0.4) is 0 Å². The third kappa shape index (κ3) is 6.17. The Labute approximate surface area is 179 Å². The second kappa shape index (κ2) is 10.1. The van der Waals surface area contributed by atoms with E-state index >= 15 is 0 Å². The molecule has 9 heteroatoms. The van der Waals surface area contributed by atoms with Gasteiger partial charge in [0.05, 0.1) is 6.61 Å². The van der Waals surface area contributed by atoms with Gasteiger partial charge in [-0.15, -0.1) is 0 Å². The van der Waals surface area contributed by atoms with Gasteiger partial charge in [0, 0.05) is 11.1 Å². The van der Waals surface area contributed by atoms with Gasteiger partial charge < -0.3 is 26.8 Å². The molecule has 0 saturated heterocycles. The number of rotatable bonds is 8. The van der Waals surface area contributed by atoms with E-state index in [0.717, 1.165) is 12.8 Å². The number of amides is 2. The van der Waals surface area contributed by atoms with Crippen LogP contribution in [0.5, 0.6) is 5.75 Å². The number of hydrogen-bond donors (Lipinski definition) is 4. The molecular weight excluding hydrogens is 396 g/mol. The summed E-state index contributed by atoms with van der Waals surface area (Å²) in [5.41, 5.74) is 11.8. The molecule has 9 nitrogen and oxygen atoms in total. The van der Waals surface area contributed by atoms with Gasteiger partial charge >= 0.3 is 0 Å². The quantitative estimate of drug-likeness (QED) is 0.409. The molecule has 6 N–H and O–H groups in total. The Morgan fingerprint density at radius 1 is 0.871 bits per heavy atom. The fourth-order valence-corrected chi connectivity index (χ4v) is 2.70. The summed E-state index contributed by atoms with van der Waals surface area (Å²) in [4.78, 5) is 33.7. The van der Waals surface area contributed by atoms with Gasteiger partial charge in [0.25, 0.3) is 11.8 Å². The van der Waals surface area contributed by atoms with Gasteiger partial charge in [-0.3, -0.25) is 9.59 Å². The number of nitrogens with zero attached hydrogens (tertiary/aromatic N) is 2. The lowest BCUT2D eigenvalue weighted by Crippen LogP contribution is -2.17. The minimum Gasteiger partial charge on any atom is -0.494 e. The van der Waals surface area contributed by atoms with Gasteiger partial charge in [0.1, 0.15) is 29.0 Å². The van der Waals surface area contributed by atoms with Crippen molar-refractivity contribution in [3.05, 3.63) is 65.7 Å². The zero-order valence-corrected chi connectivity index (χ0v) is 17.1. The minimum absolute atomic E-state index is 0.240. The molecule has 160 valence electrons. The number of anilines is 4. The molecule has 1 aromatic carbocycles. The predicted molar refractivity (Wildman–Crippen MR) is 120 cm³/mol. The third-order valence-corrected chi connectivity index (χ3v) is 4.22. The van der Waals surface area contributed by atoms with Gasteiger partial charge in [-0.2, -0.15) is 0 Å². The summed E-state index contributed by atoms with van der Waals surface area (Å²) in [5.74, 6) is 0.681. The summed E-state index contributed by atoms with van der Waals surface area (Å²) in [5, 5.41) is 5.34. The fourth-order valence-electron chi connectivity index (χ4n) is 2.70. The lowest BCUT2D eigenvalue weighted by Gasteiger charge is -2.12. The van der Waals surface area contributed by atoms with Crippen molar-refractivity contribution in [3.63, 3.8) is 0 Å². The highest BCUT2D eigenvalue weighted by Gasteiger charge is 2.15. The van der Waals surface area contributed by atoms with Crippen molar-refractivity contribution < 1.29 is 14.3 Å². The van der Waals surface area contributed by atoms with E-state index < -0.39 is 11.8 Å². The van der Waals surface area contributed by atoms with Crippen LogP contribution in [0.15, 0.2) is 54.6 Å². The zero-order chi connectivity index (χ0) is 22.2. The lowest BCUT2D eigenvalue weighted by atomic mass is 10.1. The molecule has 0 saturated carbocycles. The molecule has 2 aromatic heterocycles. The van der Waals surface area contributed by atoms with Crippen molar-refractivity contribution in [2.45, 2.75) is 19.8 Å². The predicted octanol–water partition coefficient (Wildman–Crippen LogP) is 3.32. The van der Waals surface area contributed by atoms with E-state index in [1.54, 1.807) is 48.5 Å². The number of nitrogen functional groups attached to an aromatic ring is 2. The first-order valence-corrected chi connectivity index (χ1v) is 9.80. The smallest absolute Gasteiger partial charge is 0.256 e. The number of aromatic nitrogens is 2. The van der Waals surface area contributed by atoms with Gasteiger partial charge in [-0.1, -0.05) is 25.5 Å². The van der Waals surface area contributed by atoms with Crippen molar-refractivity contribution in [3.8, 4) is 5.75 Å². The molecule has 3 aromatic rings. The first kappa shape index (κ1) is 21.6. The molecule has 0 unspecified atom stereocenters. The highest BCUT2D eigenvalue weighted by atomic mass is 16.5. The molecule has 2 heterocycles. The molecule has 0 aliphatic rings. The molecule has 0 aliphatic carbocycles. The van der Waals surface area contributed by atoms with Crippen molar-refractivity contribution in [1.29, 1.82) is 0 Å². The molecule has 0 bridgehead atoms. The normalized spacial score (nSPS) is 10.4. The van der Waals surface area contributed by atoms with Crippen LogP contribution in [0, 0.1) is 0 Å². The SMILES string of the molecule is CCCCOc1cc(C(=O)Nc2cccc(N)n2)cc(C(=O)Nc2cccc(N)n2)c1. The first-order chi connectivity index (χ1) is 14.9. The number of hydrogen-bond acceptors (Lipinski definition) is 7. The maximum atomic E-state index is 12.8. The standard InChI is InChI=1S/C22H24N6O3/c1-2-3-10-31-16-12-14(21(29)27-19-8-4-6-17(23)25-19)11-15(13-16)22(30)28-20-9-5-7-18(24)26-20/h4-9,11-13H,2-3,10H2,1H3,(H3,23,25,27,29)(H3,24,26,28,30). The highest BCUT2D eigenvalue weighted by Crippen LogP contribution is 2.20. The number of nitrogens with one attached hydrogen (secondary N) is 2. The van der Waals surface area contributed by atoms with E-state index in [4.69, 9.17) is 16.2 Å². The maximum absolute atomic E-state index is 12.8. The Kier molecular flexibility index (Phi) is 7.00. The number of carbonyl (C=O) groups excluding carboxylic acids is 2. The second-order valence-electron chi connectivity index (χ2n) is 6.75. The second-order valence-corrected chi connectivity index (χ2v) is 6.75. The van der Waals surface area contributed by atoms with Crippen LogP contribution in [0.2, 0.25) is 0 Å². The Hall–Kier alpha value is -4.14. The number of carbonyl (C=O) groups is 2. The summed E-state index contributed by atoms with van der Waals surface area (Å²) in [6.07, 6.45) is 1.80. The fraction of sp³-hybridized carbons (Fsp3) is 0.182. The number of benzene rings is 1. The van der Waals surface area contributed by atoms with Gasteiger partial charge in [0.15, 0.2) is 0 Å². The van der Waals surface area contributed by atoms with Crippen molar-refractivity contribution >= 4 is 35.1 Å². The number of nitrogens with two attached hydrogens (primary N) is 2. The Morgan fingerprint density at radius 2 is 1.39 bits per heavy atom. The van der Waals surface area contributed by atoms with Crippen LogP contribution in [0.25, 0.3) is 0 Å². The van der Waals surface area contributed by atoms with E-state index in [9.17, 15) is 9.59 Å². The summed E-state index contributed by atoms with van der Waals surface area (Å²) in [6, 6.07) is 14.5. The average molecular weight is 420 g/mol. The molecule has 2 amide bonds. The molecule has 0 radical (unpaired) electrons. The number of ether oxygens (including phenoxy) is 1. The van der Waals surface area contributed by atoms with Gasteiger partial charge in [-0.25, -0.2) is 9.97 Å². The molecule has 31 heavy (non-hydrogen) atoms. The third-order valence-electron chi connectivity index (χ3n) is 4.22. The maximum Gasteiger partial charge on any atom is 0.256 e. The molecular formula is C22H24N6O3. The Bertz CT molecular complexity index is 1010. The van der Waals surface area contributed by atoms with Crippen LogP contribution in [0.4, 0.5) is 23.3 Å². The van der Waals surface area contributed by atoms with E-state index in [1.807, 2.05) is 6.92 Å². The number of unbranched alkanes of at least 4 members (excludes halogenated alkanes) is 1. The van der Waals surface area contributed by atoms with Crippen LogP contribution in [-0.2, 0) is 0 Å². The zero-order valence-electron chi connectivity index (χ0n) is 17.1. The van der Waals surface area contributed by atoms with Crippen molar-refractivity contribution in [2.24, 2.45) is 0 Å². The summed E-state index contributed by atoms with van der Waals surface area (Å²) < 4.78 is 5.74. The highest BCUT2D eigenvalue weighted by molar-refractivity contribution is 6.08. The van der Waals surface area contributed by atoms with Crippen LogP contribution in [-0.4, -0.2) is 28.4 Å². The summed E-state index contributed by atoms with van der Waals surface area (Å²) in [7, 11) is 0. The first-order valence-electron chi connectivity index (χ1n) is 9.80. The van der Waals surface area contributed by atoms with Crippen molar-refractivity contribution in [2.75, 3.05) is 28.7 Å². The van der Waals surface area contributed by atoms with Crippen molar-refractivity contribution in [1.82, 2.24) is 9.97 Å². The largest absolute Gasteiger partial charge is 0.494 e. The van der Waals surface area contributed by atoms with Gasteiger partial charge in [-0.05, 0) is 48.9 Å². The lowest BCUT2D eigenvalue weighted by molar-refractivity contribution is 0.102. The van der Waals surface area contributed by atoms with E-state index in [1.165, 1.54) is 6.07 Å². The van der Waals surface area contributed by atoms with Crippen LogP contribution >= 0.6 is 0 Å². The van der Waals surface area contributed by atoms with Crippen LogP contribution < -0.4 is 26.8 Å². The topological polar surface area (TPSA) is 145 Å². The van der Waals surface area contributed by atoms with E-state index in [0.29, 0.717) is 24.0 Å². The number of pyridine rings is 2. The molecule has 0 spiro atoms. The Balaban J connectivity index is 1.86. The van der Waals surface area contributed by atoms with Gasteiger partial charge in [0.2, 0.25) is 0 Å². The summed E-state index contributed by atoms with van der Waals surface area (Å²) in [6.45, 7) is 2.51. The molecule has 0 fully saturated rings. The average Bonchev–Trinajstić information content (AvgIpc) is 2.74. The van der Waals surface area contributed by atoms with E-state index in [2.05, 4.69) is 20.6 Å².